The van der Waals surface area contributed by atoms with Gasteiger partial charge in [0.05, 0.1) is 16.1 Å². The SMILES string of the molecule is Clc1cccc([C@@H]2Nc3ccc(Br)cc3[C@@H]3C=CC[C@@H]32)c1Cl. The van der Waals surface area contributed by atoms with E-state index in [-0.39, 0.29) is 6.04 Å². The van der Waals surface area contributed by atoms with Gasteiger partial charge in [0.1, 0.15) is 0 Å². The van der Waals surface area contributed by atoms with Crippen LogP contribution in [0.25, 0.3) is 0 Å². The molecule has 0 saturated heterocycles. The van der Waals surface area contributed by atoms with Crippen molar-refractivity contribution in [3.05, 3.63) is 74.2 Å². The predicted octanol–water partition coefficient (Wildman–Crippen LogP) is 6.58. The molecule has 4 rings (SSSR count). The van der Waals surface area contributed by atoms with Crippen LogP contribution in [0.5, 0.6) is 0 Å². The summed E-state index contributed by atoms with van der Waals surface area (Å²) >= 11 is 16.3. The molecule has 0 amide bonds. The Labute approximate surface area is 148 Å². The Morgan fingerprint density at radius 2 is 1.95 bits per heavy atom. The Bertz CT molecular complexity index is 772. The maximum atomic E-state index is 6.47. The van der Waals surface area contributed by atoms with Crippen molar-refractivity contribution < 1.29 is 0 Å². The minimum atomic E-state index is 0.180. The molecule has 112 valence electrons. The van der Waals surface area contributed by atoms with Crippen LogP contribution < -0.4 is 5.32 Å². The van der Waals surface area contributed by atoms with Gasteiger partial charge in [0.25, 0.3) is 0 Å². The average Bonchev–Trinajstić information content (AvgIpc) is 2.99. The van der Waals surface area contributed by atoms with Gasteiger partial charge >= 0.3 is 0 Å². The molecule has 0 saturated carbocycles. The van der Waals surface area contributed by atoms with E-state index in [2.05, 4.69) is 57.7 Å². The fourth-order valence-electron chi connectivity index (χ4n) is 3.63. The standard InChI is InChI=1S/C18H14BrCl2N/c19-10-7-8-16-14(9-10)11-3-1-4-12(11)18(22-16)13-5-2-6-15(20)17(13)21/h1-3,5-9,11-12,18,22H,4H2/t11-,12+,18-/m1/s1. The van der Waals surface area contributed by atoms with Crippen molar-refractivity contribution in [2.45, 2.75) is 18.4 Å². The first-order valence-corrected chi connectivity index (χ1v) is 8.86. The molecule has 1 aliphatic heterocycles. The summed E-state index contributed by atoms with van der Waals surface area (Å²) in [5.41, 5.74) is 3.61. The summed E-state index contributed by atoms with van der Waals surface area (Å²) in [5, 5.41) is 4.95. The number of hydrogen-bond acceptors (Lipinski definition) is 1. The van der Waals surface area contributed by atoms with E-state index in [1.165, 1.54) is 11.3 Å². The van der Waals surface area contributed by atoms with E-state index in [0.717, 1.165) is 16.5 Å². The molecule has 1 nitrogen and oxygen atoms in total. The first kappa shape index (κ1) is 14.6. The lowest BCUT2D eigenvalue weighted by Crippen LogP contribution is -2.29. The molecule has 0 radical (unpaired) electrons. The number of fused-ring (bicyclic) bond motifs is 3. The van der Waals surface area contributed by atoms with E-state index in [4.69, 9.17) is 23.2 Å². The topological polar surface area (TPSA) is 12.0 Å². The Balaban J connectivity index is 1.83. The second-order valence-electron chi connectivity index (χ2n) is 5.85. The van der Waals surface area contributed by atoms with Crippen molar-refractivity contribution in [2.75, 3.05) is 5.32 Å². The second-order valence-corrected chi connectivity index (χ2v) is 7.55. The molecular weight excluding hydrogens is 381 g/mol. The van der Waals surface area contributed by atoms with E-state index >= 15 is 0 Å². The summed E-state index contributed by atoms with van der Waals surface area (Å²) < 4.78 is 1.12. The van der Waals surface area contributed by atoms with Gasteiger partial charge in [-0.25, -0.2) is 0 Å². The average molecular weight is 395 g/mol. The van der Waals surface area contributed by atoms with Gasteiger partial charge in [0.2, 0.25) is 0 Å². The van der Waals surface area contributed by atoms with Gasteiger partial charge < -0.3 is 5.32 Å². The molecule has 2 aliphatic rings. The minimum absolute atomic E-state index is 0.180. The van der Waals surface area contributed by atoms with Crippen molar-refractivity contribution in [3.63, 3.8) is 0 Å². The smallest absolute Gasteiger partial charge is 0.0645 e. The summed E-state index contributed by atoms with van der Waals surface area (Å²) in [7, 11) is 0. The number of anilines is 1. The van der Waals surface area contributed by atoms with Crippen LogP contribution in [-0.2, 0) is 0 Å². The van der Waals surface area contributed by atoms with Crippen LogP contribution in [0.4, 0.5) is 5.69 Å². The molecule has 4 heteroatoms. The second kappa shape index (κ2) is 5.59. The fourth-order valence-corrected chi connectivity index (χ4v) is 4.44. The van der Waals surface area contributed by atoms with E-state index in [1.807, 2.05) is 12.1 Å². The molecule has 2 aromatic rings. The van der Waals surface area contributed by atoms with Crippen molar-refractivity contribution in [2.24, 2.45) is 5.92 Å². The first-order valence-electron chi connectivity index (χ1n) is 7.31. The van der Waals surface area contributed by atoms with Crippen LogP contribution in [0.15, 0.2) is 53.0 Å². The Kier molecular flexibility index (Phi) is 3.72. The van der Waals surface area contributed by atoms with Crippen LogP contribution in [0.3, 0.4) is 0 Å². The zero-order chi connectivity index (χ0) is 15.3. The third-order valence-electron chi connectivity index (χ3n) is 4.64. The zero-order valence-electron chi connectivity index (χ0n) is 11.7. The zero-order valence-corrected chi connectivity index (χ0v) is 14.8. The molecule has 22 heavy (non-hydrogen) atoms. The summed E-state index contributed by atoms with van der Waals surface area (Å²) in [4.78, 5) is 0. The number of hydrogen-bond donors (Lipinski definition) is 1. The van der Waals surface area contributed by atoms with Gasteiger partial charge in [0.15, 0.2) is 0 Å². The van der Waals surface area contributed by atoms with Crippen LogP contribution in [0.1, 0.15) is 29.5 Å². The highest BCUT2D eigenvalue weighted by Gasteiger charge is 2.38. The summed E-state index contributed by atoms with van der Waals surface area (Å²) in [6, 6.07) is 12.5. The summed E-state index contributed by atoms with van der Waals surface area (Å²) in [6.45, 7) is 0. The maximum absolute atomic E-state index is 6.47. The van der Waals surface area contributed by atoms with Gasteiger partial charge in [-0.05, 0) is 47.7 Å². The summed E-state index contributed by atoms with van der Waals surface area (Å²) in [6.07, 6.45) is 5.65. The van der Waals surface area contributed by atoms with Crippen molar-refractivity contribution in [1.82, 2.24) is 0 Å². The van der Waals surface area contributed by atoms with Gasteiger partial charge in [-0.1, -0.05) is 63.4 Å². The van der Waals surface area contributed by atoms with Crippen LogP contribution in [-0.4, -0.2) is 0 Å². The quantitative estimate of drug-likeness (QED) is 0.538. The molecule has 1 aliphatic carbocycles. The minimum Gasteiger partial charge on any atom is -0.378 e. The number of allylic oxidation sites excluding steroid dienone is 2. The molecular formula is C18H14BrCl2N. The van der Waals surface area contributed by atoms with Crippen LogP contribution in [0.2, 0.25) is 10.0 Å². The molecule has 1 N–H and O–H groups in total. The monoisotopic (exact) mass is 393 g/mol. The lowest BCUT2D eigenvalue weighted by atomic mass is 9.77. The van der Waals surface area contributed by atoms with E-state index < -0.39 is 0 Å². The number of rotatable bonds is 1. The number of nitrogens with one attached hydrogen (secondary N) is 1. The van der Waals surface area contributed by atoms with Crippen LogP contribution >= 0.6 is 39.1 Å². The highest BCUT2D eigenvalue weighted by Crippen LogP contribution is 2.51. The third-order valence-corrected chi connectivity index (χ3v) is 5.97. The maximum Gasteiger partial charge on any atom is 0.0645 e. The van der Waals surface area contributed by atoms with Crippen LogP contribution in [0, 0.1) is 5.92 Å². The molecule has 0 fully saturated rings. The van der Waals surface area contributed by atoms with Gasteiger partial charge in [-0.2, -0.15) is 0 Å². The highest BCUT2D eigenvalue weighted by molar-refractivity contribution is 9.10. The molecule has 2 aromatic carbocycles. The van der Waals surface area contributed by atoms with E-state index in [0.29, 0.717) is 21.9 Å². The van der Waals surface area contributed by atoms with Gasteiger partial charge in [0, 0.05) is 16.1 Å². The number of halogens is 3. The van der Waals surface area contributed by atoms with Crippen molar-refractivity contribution >= 4 is 44.8 Å². The lowest BCUT2D eigenvalue weighted by Gasteiger charge is -2.38. The van der Waals surface area contributed by atoms with Crippen molar-refractivity contribution in [1.29, 1.82) is 0 Å². The van der Waals surface area contributed by atoms with Crippen molar-refractivity contribution in [3.8, 4) is 0 Å². The predicted molar refractivity (Wildman–Crippen MR) is 97.0 cm³/mol. The molecule has 0 aromatic heterocycles. The van der Waals surface area contributed by atoms with E-state index in [1.54, 1.807) is 0 Å². The largest absolute Gasteiger partial charge is 0.378 e. The van der Waals surface area contributed by atoms with Gasteiger partial charge in [-0.3, -0.25) is 0 Å². The lowest BCUT2D eigenvalue weighted by molar-refractivity contribution is 0.425. The molecule has 0 spiro atoms. The molecule has 0 unspecified atom stereocenters. The molecule has 1 heterocycles. The Morgan fingerprint density at radius 3 is 2.82 bits per heavy atom. The number of benzene rings is 2. The highest BCUT2D eigenvalue weighted by atomic mass is 79.9. The molecule has 3 atom stereocenters. The fraction of sp³-hybridized carbons (Fsp3) is 0.222. The Morgan fingerprint density at radius 1 is 1.09 bits per heavy atom. The first-order chi connectivity index (χ1) is 10.6. The summed E-state index contributed by atoms with van der Waals surface area (Å²) in [5.74, 6) is 0.895. The van der Waals surface area contributed by atoms with Gasteiger partial charge in [-0.15, -0.1) is 0 Å². The van der Waals surface area contributed by atoms with E-state index in [9.17, 15) is 0 Å². The molecule has 0 bridgehead atoms. The normalized spacial score (nSPS) is 25.5. The Hall–Kier alpha value is -0.960. The third kappa shape index (κ3) is 2.29.